The van der Waals surface area contributed by atoms with E-state index in [0.717, 1.165) is 0 Å². The zero-order valence-corrected chi connectivity index (χ0v) is 13.8. The number of para-hydroxylation sites is 1. The van der Waals surface area contributed by atoms with E-state index in [1.807, 2.05) is 0 Å². The number of hydrogen-bond acceptors (Lipinski definition) is 4. The molecule has 2 rings (SSSR count). The average Bonchev–Trinajstić information content (AvgIpc) is 2.62. The lowest BCUT2D eigenvalue weighted by Crippen LogP contribution is -2.37. The van der Waals surface area contributed by atoms with Gasteiger partial charge >= 0.3 is 17.8 Å². The molecule has 0 spiro atoms. The van der Waals surface area contributed by atoms with E-state index in [2.05, 4.69) is 10.1 Å². The third-order valence-electron chi connectivity index (χ3n) is 3.28. The van der Waals surface area contributed by atoms with E-state index < -0.39 is 17.8 Å². The molecule has 6 nitrogen and oxygen atoms in total. The highest BCUT2D eigenvalue weighted by Gasteiger charge is 2.21. The molecule has 0 radical (unpaired) electrons. The molecule has 2 aromatic rings. The molecular formula is C17H15ClN2O4. The highest BCUT2D eigenvalue weighted by molar-refractivity contribution is 6.45. The van der Waals surface area contributed by atoms with Crippen LogP contribution in [0.1, 0.15) is 10.4 Å². The molecule has 0 aliphatic heterocycles. The lowest BCUT2D eigenvalue weighted by atomic mass is 10.2. The number of carbonyl (C=O) groups is 3. The van der Waals surface area contributed by atoms with Gasteiger partial charge in [0.15, 0.2) is 0 Å². The van der Waals surface area contributed by atoms with Gasteiger partial charge in [0, 0.05) is 12.7 Å². The number of rotatable bonds is 3. The van der Waals surface area contributed by atoms with Crippen LogP contribution in [0.3, 0.4) is 0 Å². The van der Waals surface area contributed by atoms with E-state index in [1.54, 1.807) is 30.3 Å². The number of benzene rings is 2. The smallest absolute Gasteiger partial charge is 0.337 e. The molecule has 7 heteroatoms. The van der Waals surface area contributed by atoms with Crippen molar-refractivity contribution < 1.29 is 19.1 Å². The molecule has 0 fully saturated rings. The van der Waals surface area contributed by atoms with Crippen LogP contribution in [0.25, 0.3) is 0 Å². The topological polar surface area (TPSA) is 75.7 Å². The summed E-state index contributed by atoms with van der Waals surface area (Å²) >= 11 is 6.00. The fourth-order valence-electron chi connectivity index (χ4n) is 1.96. The highest BCUT2D eigenvalue weighted by atomic mass is 35.5. The van der Waals surface area contributed by atoms with Gasteiger partial charge in [0.05, 0.1) is 23.4 Å². The van der Waals surface area contributed by atoms with Crippen LogP contribution in [0.5, 0.6) is 0 Å². The van der Waals surface area contributed by atoms with Gasteiger partial charge in [0.1, 0.15) is 0 Å². The fourth-order valence-corrected chi connectivity index (χ4v) is 2.13. The predicted octanol–water partition coefficient (Wildman–Crippen LogP) is 2.73. The van der Waals surface area contributed by atoms with Gasteiger partial charge in [-0.2, -0.15) is 0 Å². The van der Waals surface area contributed by atoms with Gasteiger partial charge in [0.25, 0.3) is 0 Å². The first kappa shape index (κ1) is 17.5. The molecule has 2 aromatic carbocycles. The van der Waals surface area contributed by atoms with Gasteiger partial charge < -0.3 is 15.0 Å². The summed E-state index contributed by atoms with van der Waals surface area (Å²) in [6.45, 7) is 0. The lowest BCUT2D eigenvalue weighted by Gasteiger charge is -2.17. The number of anilines is 2. The van der Waals surface area contributed by atoms with Crippen molar-refractivity contribution in [2.45, 2.75) is 0 Å². The summed E-state index contributed by atoms with van der Waals surface area (Å²) in [4.78, 5) is 37.1. The Hall–Kier alpha value is -2.86. The maximum atomic E-state index is 12.2. The molecule has 2 amide bonds. The summed E-state index contributed by atoms with van der Waals surface area (Å²) in [6.07, 6.45) is 0. The second kappa shape index (κ2) is 7.61. The Morgan fingerprint density at radius 3 is 2.38 bits per heavy atom. The number of ether oxygens (including phenoxy) is 1. The van der Waals surface area contributed by atoms with E-state index in [1.165, 1.54) is 37.3 Å². The van der Waals surface area contributed by atoms with Crippen molar-refractivity contribution in [1.82, 2.24) is 0 Å². The lowest BCUT2D eigenvalue weighted by molar-refractivity contribution is -0.134. The standard InChI is InChI=1S/C17H15ClN2O4/c1-20(12-6-4-3-5-7-12)16(22)15(21)19-14-10-11(17(23)24-2)8-9-13(14)18/h3-10H,1-2H3,(H,19,21). The second-order valence-corrected chi connectivity index (χ2v) is 5.25. The van der Waals surface area contributed by atoms with Gasteiger partial charge in [-0.05, 0) is 30.3 Å². The number of methoxy groups -OCH3 is 1. The Morgan fingerprint density at radius 1 is 1.08 bits per heavy atom. The third kappa shape index (κ3) is 3.91. The molecule has 0 bridgehead atoms. The minimum absolute atomic E-state index is 0.152. The molecular weight excluding hydrogens is 332 g/mol. The Kier molecular flexibility index (Phi) is 5.55. The van der Waals surface area contributed by atoms with E-state index in [4.69, 9.17) is 11.6 Å². The Morgan fingerprint density at radius 2 is 1.75 bits per heavy atom. The number of hydrogen-bond donors (Lipinski definition) is 1. The van der Waals surface area contributed by atoms with Crippen molar-refractivity contribution in [3.8, 4) is 0 Å². The van der Waals surface area contributed by atoms with Gasteiger partial charge in [-0.3, -0.25) is 9.59 Å². The SMILES string of the molecule is COC(=O)c1ccc(Cl)c(NC(=O)C(=O)N(C)c2ccccc2)c1. The number of amides is 2. The quantitative estimate of drug-likeness (QED) is 0.685. The second-order valence-electron chi connectivity index (χ2n) is 4.84. The monoisotopic (exact) mass is 346 g/mol. The van der Waals surface area contributed by atoms with Crippen molar-refractivity contribution >= 4 is 40.8 Å². The zero-order valence-electron chi connectivity index (χ0n) is 13.1. The molecule has 0 aromatic heterocycles. The van der Waals surface area contributed by atoms with Gasteiger partial charge in [0.2, 0.25) is 0 Å². The Balaban J connectivity index is 2.17. The number of nitrogens with one attached hydrogen (secondary N) is 1. The third-order valence-corrected chi connectivity index (χ3v) is 3.61. The summed E-state index contributed by atoms with van der Waals surface area (Å²) in [5.74, 6) is -2.21. The van der Waals surface area contributed by atoms with Gasteiger partial charge in [-0.15, -0.1) is 0 Å². The van der Waals surface area contributed by atoms with Gasteiger partial charge in [-0.25, -0.2) is 4.79 Å². The molecule has 0 saturated carbocycles. The van der Waals surface area contributed by atoms with Crippen LogP contribution in [0.15, 0.2) is 48.5 Å². The molecule has 0 saturated heterocycles. The number of nitrogens with zero attached hydrogens (tertiary/aromatic N) is 1. The van der Waals surface area contributed by atoms with Crippen LogP contribution in [-0.2, 0) is 14.3 Å². The summed E-state index contributed by atoms with van der Waals surface area (Å²) < 4.78 is 4.61. The summed E-state index contributed by atoms with van der Waals surface area (Å²) in [5, 5.41) is 2.61. The van der Waals surface area contributed by atoms with E-state index in [0.29, 0.717) is 5.69 Å². The summed E-state index contributed by atoms with van der Waals surface area (Å²) in [7, 11) is 2.73. The van der Waals surface area contributed by atoms with Crippen molar-refractivity contribution in [3.63, 3.8) is 0 Å². The van der Waals surface area contributed by atoms with Crippen molar-refractivity contribution in [1.29, 1.82) is 0 Å². The van der Waals surface area contributed by atoms with E-state index in [9.17, 15) is 14.4 Å². The maximum absolute atomic E-state index is 12.2. The van der Waals surface area contributed by atoms with E-state index >= 15 is 0 Å². The van der Waals surface area contributed by atoms with Gasteiger partial charge in [-0.1, -0.05) is 29.8 Å². The van der Waals surface area contributed by atoms with Crippen LogP contribution >= 0.6 is 11.6 Å². The Bertz CT molecular complexity index is 777. The molecule has 0 unspecified atom stereocenters. The number of carbonyl (C=O) groups excluding carboxylic acids is 3. The zero-order chi connectivity index (χ0) is 17.7. The van der Waals surface area contributed by atoms with Crippen LogP contribution in [-0.4, -0.2) is 31.9 Å². The molecule has 24 heavy (non-hydrogen) atoms. The van der Waals surface area contributed by atoms with Crippen LogP contribution < -0.4 is 10.2 Å². The molecule has 1 N–H and O–H groups in total. The average molecular weight is 347 g/mol. The highest BCUT2D eigenvalue weighted by Crippen LogP contribution is 2.23. The number of halogens is 1. The number of esters is 1. The van der Waals surface area contributed by atoms with Crippen LogP contribution in [0.4, 0.5) is 11.4 Å². The fraction of sp³-hybridized carbons (Fsp3) is 0.118. The summed E-state index contributed by atoms with van der Waals surface area (Å²) in [5.41, 5.74) is 0.937. The first-order chi connectivity index (χ1) is 11.4. The molecule has 124 valence electrons. The van der Waals surface area contributed by atoms with Crippen molar-refractivity contribution in [2.75, 3.05) is 24.4 Å². The van der Waals surface area contributed by atoms with Crippen molar-refractivity contribution in [2.24, 2.45) is 0 Å². The normalized spacial score (nSPS) is 9.96. The van der Waals surface area contributed by atoms with Crippen LogP contribution in [0, 0.1) is 0 Å². The molecule has 0 heterocycles. The predicted molar refractivity (Wildman–Crippen MR) is 91.3 cm³/mol. The summed E-state index contributed by atoms with van der Waals surface area (Å²) in [6, 6.07) is 13.0. The van der Waals surface area contributed by atoms with Crippen molar-refractivity contribution in [3.05, 3.63) is 59.1 Å². The largest absolute Gasteiger partial charge is 0.465 e. The first-order valence-corrected chi connectivity index (χ1v) is 7.33. The Labute approximate surface area is 144 Å². The minimum atomic E-state index is -0.870. The molecule has 0 aliphatic rings. The number of likely N-dealkylation sites (N-methyl/N-ethyl adjacent to an activating group) is 1. The maximum Gasteiger partial charge on any atom is 0.337 e. The van der Waals surface area contributed by atoms with Crippen LogP contribution in [0.2, 0.25) is 5.02 Å². The molecule has 0 aliphatic carbocycles. The molecule has 0 atom stereocenters. The first-order valence-electron chi connectivity index (χ1n) is 6.96. The minimum Gasteiger partial charge on any atom is -0.465 e. The van der Waals surface area contributed by atoms with E-state index in [-0.39, 0.29) is 16.3 Å².